The maximum atomic E-state index is 11.4. The lowest BCUT2D eigenvalue weighted by Gasteiger charge is -2.33. The van der Waals surface area contributed by atoms with E-state index < -0.39 is 0 Å². The SMILES string of the molecule is C=C(C)N(NC1CCC(CC)CC1)C(C)=O. The highest BCUT2D eigenvalue weighted by Gasteiger charge is 2.22. The van der Waals surface area contributed by atoms with Gasteiger partial charge in [-0.25, -0.2) is 5.43 Å². The van der Waals surface area contributed by atoms with Gasteiger partial charge in [-0.05, 0) is 38.5 Å². The highest BCUT2D eigenvalue weighted by atomic mass is 16.2. The first-order chi connectivity index (χ1) is 7.54. The van der Waals surface area contributed by atoms with Crippen molar-refractivity contribution in [1.82, 2.24) is 10.4 Å². The minimum atomic E-state index is 0.0186. The van der Waals surface area contributed by atoms with Crippen molar-refractivity contribution >= 4 is 5.91 Å². The van der Waals surface area contributed by atoms with Crippen LogP contribution >= 0.6 is 0 Å². The summed E-state index contributed by atoms with van der Waals surface area (Å²) in [4.78, 5) is 11.4. The quantitative estimate of drug-likeness (QED) is 0.745. The van der Waals surface area contributed by atoms with Crippen LogP contribution in [0.15, 0.2) is 12.3 Å². The molecular formula is C13H24N2O. The Labute approximate surface area is 98.9 Å². The van der Waals surface area contributed by atoms with Crippen LogP contribution in [0.3, 0.4) is 0 Å². The molecule has 3 nitrogen and oxygen atoms in total. The fourth-order valence-corrected chi connectivity index (χ4v) is 2.35. The van der Waals surface area contributed by atoms with E-state index in [-0.39, 0.29) is 5.91 Å². The molecule has 0 atom stereocenters. The average molecular weight is 224 g/mol. The van der Waals surface area contributed by atoms with Crippen LogP contribution in [-0.2, 0) is 4.79 Å². The van der Waals surface area contributed by atoms with Crippen molar-refractivity contribution in [2.45, 2.75) is 58.9 Å². The van der Waals surface area contributed by atoms with Gasteiger partial charge in [-0.1, -0.05) is 19.9 Å². The molecule has 0 aromatic heterocycles. The van der Waals surface area contributed by atoms with Crippen LogP contribution < -0.4 is 5.43 Å². The van der Waals surface area contributed by atoms with Crippen molar-refractivity contribution in [2.75, 3.05) is 0 Å². The van der Waals surface area contributed by atoms with Gasteiger partial charge < -0.3 is 0 Å². The van der Waals surface area contributed by atoms with E-state index in [1.165, 1.54) is 19.3 Å². The van der Waals surface area contributed by atoms with E-state index >= 15 is 0 Å². The normalized spacial score (nSPS) is 25.2. The Kier molecular flexibility index (Phi) is 5.00. The molecule has 0 aromatic rings. The zero-order chi connectivity index (χ0) is 12.1. The number of nitrogens with zero attached hydrogens (tertiary/aromatic N) is 1. The molecule has 1 aliphatic carbocycles. The van der Waals surface area contributed by atoms with Crippen LogP contribution in [0.1, 0.15) is 52.9 Å². The summed E-state index contributed by atoms with van der Waals surface area (Å²) in [6, 6.07) is 0.434. The Morgan fingerprint density at radius 3 is 2.25 bits per heavy atom. The molecule has 1 rings (SSSR count). The van der Waals surface area contributed by atoms with Gasteiger partial charge in [0.05, 0.1) is 0 Å². The van der Waals surface area contributed by atoms with E-state index in [4.69, 9.17) is 0 Å². The van der Waals surface area contributed by atoms with Crippen molar-refractivity contribution in [3.8, 4) is 0 Å². The Morgan fingerprint density at radius 1 is 1.31 bits per heavy atom. The summed E-state index contributed by atoms with van der Waals surface area (Å²) in [5, 5.41) is 1.58. The minimum Gasteiger partial charge on any atom is -0.273 e. The molecule has 3 heteroatoms. The summed E-state index contributed by atoms with van der Waals surface area (Å²) >= 11 is 0. The smallest absolute Gasteiger partial charge is 0.237 e. The molecule has 0 radical (unpaired) electrons. The molecule has 0 saturated heterocycles. The molecule has 1 saturated carbocycles. The molecule has 1 aliphatic rings. The summed E-state index contributed by atoms with van der Waals surface area (Å²) in [6.45, 7) is 9.50. The fraction of sp³-hybridized carbons (Fsp3) is 0.769. The standard InChI is InChI=1S/C13H24N2O/c1-5-12-6-8-13(9-7-12)14-15(10(2)3)11(4)16/h12-14H,2,5-9H2,1,3-4H3. The molecule has 1 N–H and O–H groups in total. The monoisotopic (exact) mass is 224 g/mol. The third-order valence-electron chi connectivity index (χ3n) is 3.43. The highest BCUT2D eigenvalue weighted by Crippen LogP contribution is 2.26. The predicted molar refractivity (Wildman–Crippen MR) is 66.5 cm³/mol. The Bertz CT molecular complexity index is 241. The van der Waals surface area contributed by atoms with E-state index in [9.17, 15) is 4.79 Å². The van der Waals surface area contributed by atoms with E-state index in [2.05, 4.69) is 18.9 Å². The number of hydrogen-bond acceptors (Lipinski definition) is 2. The number of hydrogen-bond donors (Lipinski definition) is 1. The molecule has 1 amide bonds. The summed E-state index contributed by atoms with van der Waals surface area (Å²) in [5.74, 6) is 0.902. The van der Waals surface area contributed by atoms with E-state index in [0.29, 0.717) is 6.04 Å². The highest BCUT2D eigenvalue weighted by molar-refractivity contribution is 5.74. The molecule has 0 heterocycles. The van der Waals surface area contributed by atoms with Gasteiger partial charge in [0.15, 0.2) is 0 Å². The summed E-state index contributed by atoms with van der Waals surface area (Å²) in [7, 11) is 0. The molecule has 0 bridgehead atoms. The average Bonchev–Trinajstić information content (AvgIpc) is 2.25. The van der Waals surface area contributed by atoms with Gasteiger partial charge in [-0.3, -0.25) is 9.80 Å². The van der Waals surface area contributed by atoms with Crippen molar-refractivity contribution in [1.29, 1.82) is 0 Å². The van der Waals surface area contributed by atoms with Gasteiger partial charge in [-0.15, -0.1) is 0 Å². The van der Waals surface area contributed by atoms with Crippen molar-refractivity contribution < 1.29 is 4.79 Å². The second-order valence-electron chi connectivity index (χ2n) is 4.84. The van der Waals surface area contributed by atoms with E-state index in [1.807, 2.05) is 6.92 Å². The second-order valence-corrected chi connectivity index (χ2v) is 4.84. The zero-order valence-electron chi connectivity index (χ0n) is 10.8. The zero-order valence-corrected chi connectivity index (χ0v) is 10.8. The third-order valence-corrected chi connectivity index (χ3v) is 3.43. The molecule has 0 aliphatic heterocycles. The number of rotatable bonds is 4. The number of nitrogens with one attached hydrogen (secondary N) is 1. The molecule has 16 heavy (non-hydrogen) atoms. The van der Waals surface area contributed by atoms with Gasteiger partial charge in [0.2, 0.25) is 5.91 Å². The van der Waals surface area contributed by atoms with Crippen molar-refractivity contribution in [3.05, 3.63) is 12.3 Å². The fourth-order valence-electron chi connectivity index (χ4n) is 2.35. The summed E-state index contributed by atoms with van der Waals surface area (Å²) < 4.78 is 0. The van der Waals surface area contributed by atoms with Gasteiger partial charge in [-0.2, -0.15) is 0 Å². The lowest BCUT2D eigenvalue weighted by atomic mass is 9.85. The maximum Gasteiger partial charge on any atom is 0.237 e. The largest absolute Gasteiger partial charge is 0.273 e. The first-order valence-electron chi connectivity index (χ1n) is 6.27. The molecule has 0 aromatic carbocycles. The lowest BCUT2D eigenvalue weighted by Crippen LogP contribution is -2.47. The molecular weight excluding hydrogens is 200 g/mol. The number of amides is 1. The van der Waals surface area contributed by atoms with Crippen LogP contribution in [0.5, 0.6) is 0 Å². The third kappa shape index (κ3) is 3.63. The van der Waals surface area contributed by atoms with Gasteiger partial charge >= 0.3 is 0 Å². The number of hydrazine groups is 1. The first kappa shape index (κ1) is 13.2. The first-order valence-corrected chi connectivity index (χ1v) is 6.27. The Balaban J connectivity index is 2.42. The predicted octanol–water partition coefficient (Wildman–Crippen LogP) is 2.84. The minimum absolute atomic E-state index is 0.0186. The number of allylic oxidation sites excluding steroid dienone is 1. The van der Waals surface area contributed by atoms with Crippen LogP contribution in [0.2, 0.25) is 0 Å². The van der Waals surface area contributed by atoms with Crippen LogP contribution in [0.4, 0.5) is 0 Å². The van der Waals surface area contributed by atoms with Crippen molar-refractivity contribution in [3.63, 3.8) is 0 Å². The van der Waals surface area contributed by atoms with Gasteiger partial charge in [0.25, 0.3) is 0 Å². The van der Waals surface area contributed by atoms with E-state index in [1.54, 1.807) is 11.9 Å². The summed E-state index contributed by atoms with van der Waals surface area (Å²) in [6.07, 6.45) is 6.15. The molecule has 0 unspecified atom stereocenters. The van der Waals surface area contributed by atoms with Crippen LogP contribution in [0, 0.1) is 5.92 Å². The van der Waals surface area contributed by atoms with Crippen LogP contribution in [-0.4, -0.2) is 17.0 Å². The second kappa shape index (κ2) is 6.04. The number of carbonyl (C=O) groups excluding carboxylic acids is 1. The van der Waals surface area contributed by atoms with Crippen molar-refractivity contribution in [2.24, 2.45) is 5.92 Å². The van der Waals surface area contributed by atoms with Gasteiger partial charge in [0, 0.05) is 18.7 Å². The van der Waals surface area contributed by atoms with Gasteiger partial charge in [0.1, 0.15) is 0 Å². The molecule has 1 fully saturated rings. The molecule has 92 valence electrons. The Hall–Kier alpha value is -0.830. The van der Waals surface area contributed by atoms with Crippen LogP contribution in [0.25, 0.3) is 0 Å². The lowest BCUT2D eigenvalue weighted by molar-refractivity contribution is -0.130. The topological polar surface area (TPSA) is 32.3 Å². The molecule has 0 spiro atoms. The summed E-state index contributed by atoms with van der Waals surface area (Å²) in [5.41, 5.74) is 4.05. The Morgan fingerprint density at radius 2 is 1.88 bits per heavy atom. The van der Waals surface area contributed by atoms with E-state index in [0.717, 1.165) is 24.5 Å². The number of carbonyl (C=O) groups is 1. The maximum absolute atomic E-state index is 11.4.